The lowest BCUT2D eigenvalue weighted by Crippen LogP contribution is -2.26. The van der Waals surface area contributed by atoms with E-state index >= 15 is 0 Å². The van der Waals surface area contributed by atoms with E-state index in [1.807, 2.05) is 0 Å². The van der Waals surface area contributed by atoms with Crippen molar-refractivity contribution in [3.8, 4) is 0 Å². The number of unbranched alkanes of at least 4 members (excludes halogenated alkanes) is 8. The summed E-state index contributed by atoms with van der Waals surface area (Å²) in [5, 5.41) is 3.70. The van der Waals surface area contributed by atoms with Crippen LogP contribution in [0.15, 0.2) is 4.99 Å². The summed E-state index contributed by atoms with van der Waals surface area (Å²) in [6.07, 6.45) is 12.3. The van der Waals surface area contributed by atoms with Crippen LogP contribution in [0, 0.1) is 0 Å². The molecule has 0 aromatic heterocycles. The number of aliphatic imine (C=N–C) groups is 1. The van der Waals surface area contributed by atoms with Gasteiger partial charge in [-0.15, -0.1) is 0 Å². The van der Waals surface area contributed by atoms with E-state index in [9.17, 15) is 4.79 Å². The van der Waals surface area contributed by atoms with Gasteiger partial charge in [-0.1, -0.05) is 70.1 Å². The number of rotatable bonds is 10. The number of hydrogen-bond acceptors (Lipinski definition) is 3. The van der Waals surface area contributed by atoms with Crippen LogP contribution < -0.4 is 5.32 Å². The number of nitrogens with zero attached hydrogens (tertiary/aromatic N) is 1. The fraction of sp³-hybridized carbons (Fsp3) is 0.867. The first-order chi connectivity index (χ1) is 9.33. The monoisotopic (exact) mass is 284 g/mol. The second-order valence-corrected chi connectivity index (χ2v) is 6.25. The largest absolute Gasteiger partial charge is 0.305 e. The van der Waals surface area contributed by atoms with Crippen LogP contribution in [0.25, 0.3) is 0 Å². The quantitative estimate of drug-likeness (QED) is 0.613. The highest BCUT2D eigenvalue weighted by Gasteiger charge is 2.09. The molecule has 0 aliphatic carbocycles. The van der Waals surface area contributed by atoms with Crippen LogP contribution >= 0.6 is 11.8 Å². The van der Waals surface area contributed by atoms with Crippen molar-refractivity contribution < 1.29 is 4.79 Å². The molecule has 1 rings (SSSR count). The Balaban J connectivity index is 1.83. The number of carbonyl (C=O) groups is 1. The number of thioether (sulfide) groups is 1. The SMILES string of the molecule is CCCCCCCCCCCC(=O)NC1=NCCS1. The van der Waals surface area contributed by atoms with E-state index in [4.69, 9.17) is 0 Å². The average Bonchev–Trinajstić information content (AvgIpc) is 2.89. The van der Waals surface area contributed by atoms with E-state index in [0.29, 0.717) is 6.42 Å². The van der Waals surface area contributed by atoms with Crippen molar-refractivity contribution in [2.75, 3.05) is 12.3 Å². The molecule has 110 valence electrons. The molecule has 1 amide bonds. The molecular weight excluding hydrogens is 256 g/mol. The standard InChI is InChI=1S/C15H28N2OS/c1-2-3-4-5-6-7-8-9-10-11-14(18)17-15-16-12-13-19-15/h2-13H2,1H3,(H,16,17,18). The van der Waals surface area contributed by atoms with E-state index in [0.717, 1.165) is 23.9 Å². The first-order valence-corrected chi connectivity index (χ1v) is 8.78. The van der Waals surface area contributed by atoms with Crippen molar-refractivity contribution >= 4 is 22.8 Å². The minimum Gasteiger partial charge on any atom is -0.305 e. The van der Waals surface area contributed by atoms with Crippen molar-refractivity contribution in [2.24, 2.45) is 4.99 Å². The molecule has 4 heteroatoms. The molecule has 1 aliphatic heterocycles. The van der Waals surface area contributed by atoms with Gasteiger partial charge in [0, 0.05) is 12.2 Å². The lowest BCUT2D eigenvalue weighted by molar-refractivity contribution is -0.119. The Labute approximate surface area is 122 Å². The molecule has 0 unspecified atom stereocenters. The first-order valence-electron chi connectivity index (χ1n) is 7.80. The second-order valence-electron chi connectivity index (χ2n) is 5.16. The zero-order chi connectivity index (χ0) is 13.8. The molecule has 1 N–H and O–H groups in total. The predicted octanol–water partition coefficient (Wildman–Crippen LogP) is 4.13. The van der Waals surface area contributed by atoms with Crippen molar-refractivity contribution in [2.45, 2.75) is 71.1 Å². The molecule has 0 fully saturated rings. The Bertz CT molecular complexity index is 279. The number of nitrogens with one attached hydrogen (secondary N) is 1. The molecule has 0 bridgehead atoms. The Kier molecular flexibility index (Phi) is 9.86. The van der Waals surface area contributed by atoms with Crippen LogP contribution in [0.1, 0.15) is 71.1 Å². The Morgan fingerprint density at radius 3 is 2.32 bits per heavy atom. The Morgan fingerprint density at radius 1 is 1.11 bits per heavy atom. The maximum absolute atomic E-state index is 11.6. The van der Waals surface area contributed by atoms with Gasteiger partial charge in [0.1, 0.15) is 0 Å². The lowest BCUT2D eigenvalue weighted by atomic mass is 10.1. The summed E-state index contributed by atoms with van der Waals surface area (Å²) in [5.41, 5.74) is 0. The third-order valence-electron chi connectivity index (χ3n) is 3.34. The van der Waals surface area contributed by atoms with Gasteiger partial charge in [0.05, 0.1) is 6.54 Å². The molecule has 19 heavy (non-hydrogen) atoms. The summed E-state index contributed by atoms with van der Waals surface area (Å²) >= 11 is 1.65. The molecule has 1 heterocycles. The van der Waals surface area contributed by atoms with Crippen LogP contribution in [0.2, 0.25) is 0 Å². The predicted molar refractivity (Wildman–Crippen MR) is 84.7 cm³/mol. The van der Waals surface area contributed by atoms with Gasteiger partial charge in [0.25, 0.3) is 0 Å². The molecule has 3 nitrogen and oxygen atoms in total. The normalized spacial score (nSPS) is 14.5. The van der Waals surface area contributed by atoms with Crippen molar-refractivity contribution in [1.29, 1.82) is 0 Å². The molecule has 0 saturated heterocycles. The summed E-state index contributed by atoms with van der Waals surface area (Å²) in [5.74, 6) is 1.14. The van der Waals surface area contributed by atoms with Gasteiger partial charge in [-0.05, 0) is 6.42 Å². The highest BCUT2D eigenvalue weighted by molar-refractivity contribution is 8.14. The van der Waals surface area contributed by atoms with E-state index in [-0.39, 0.29) is 5.91 Å². The van der Waals surface area contributed by atoms with E-state index in [2.05, 4.69) is 17.2 Å². The summed E-state index contributed by atoms with van der Waals surface area (Å²) in [6, 6.07) is 0. The molecule has 0 aromatic rings. The van der Waals surface area contributed by atoms with E-state index in [1.165, 1.54) is 51.4 Å². The summed E-state index contributed by atoms with van der Waals surface area (Å²) in [7, 11) is 0. The molecule has 0 spiro atoms. The van der Waals surface area contributed by atoms with Gasteiger partial charge in [0.2, 0.25) is 5.91 Å². The summed E-state index contributed by atoms with van der Waals surface area (Å²) < 4.78 is 0. The van der Waals surface area contributed by atoms with Crippen molar-refractivity contribution in [3.05, 3.63) is 0 Å². The highest BCUT2D eigenvalue weighted by Crippen LogP contribution is 2.11. The smallest absolute Gasteiger partial charge is 0.225 e. The molecule has 0 aromatic carbocycles. The summed E-state index contributed by atoms with van der Waals surface area (Å²) in [6.45, 7) is 3.10. The van der Waals surface area contributed by atoms with Crippen LogP contribution in [-0.2, 0) is 4.79 Å². The van der Waals surface area contributed by atoms with Gasteiger partial charge < -0.3 is 5.32 Å². The molecule has 0 radical (unpaired) electrons. The molecule has 0 saturated carbocycles. The second kappa shape index (κ2) is 11.3. The minimum atomic E-state index is 0.135. The molecule has 1 aliphatic rings. The zero-order valence-electron chi connectivity index (χ0n) is 12.2. The van der Waals surface area contributed by atoms with Gasteiger partial charge in [-0.3, -0.25) is 9.79 Å². The van der Waals surface area contributed by atoms with Gasteiger partial charge >= 0.3 is 0 Å². The number of amidine groups is 1. The maximum atomic E-state index is 11.6. The van der Waals surface area contributed by atoms with Gasteiger partial charge in [-0.2, -0.15) is 0 Å². The number of carbonyl (C=O) groups excluding carboxylic acids is 1. The first kappa shape index (κ1) is 16.5. The maximum Gasteiger partial charge on any atom is 0.225 e. The fourth-order valence-electron chi connectivity index (χ4n) is 2.19. The summed E-state index contributed by atoms with van der Waals surface area (Å²) in [4.78, 5) is 15.8. The third-order valence-corrected chi connectivity index (χ3v) is 4.23. The van der Waals surface area contributed by atoms with Gasteiger partial charge in [-0.25, -0.2) is 0 Å². The van der Waals surface area contributed by atoms with E-state index < -0.39 is 0 Å². The molecule has 0 atom stereocenters. The third kappa shape index (κ3) is 9.09. The van der Waals surface area contributed by atoms with Gasteiger partial charge in [0.15, 0.2) is 5.17 Å². The minimum absolute atomic E-state index is 0.135. The topological polar surface area (TPSA) is 41.5 Å². The fourth-order valence-corrected chi connectivity index (χ4v) is 2.93. The van der Waals surface area contributed by atoms with Crippen molar-refractivity contribution in [1.82, 2.24) is 5.32 Å². The van der Waals surface area contributed by atoms with E-state index in [1.54, 1.807) is 11.8 Å². The number of hydrogen-bond donors (Lipinski definition) is 1. The zero-order valence-corrected chi connectivity index (χ0v) is 13.1. The van der Waals surface area contributed by atoms with Crippen molar-refractivity contribution in [3.63, 3.8) is 0 Å². The van der Waals surface area contributed by atoms with Crippen LogP contribution in [0.5, 0.6) is 0 Å². The Morgan fingerprint density at radius 2 is 1.74 bits per heavy atom. The van der Waals surface area contributed by atoms with Crippen LogP contribution in [-0.4, -0.2) is 23.4 Å². The number of amides is 1. The highest BCUT2D eigenvalue weighted by atomic mass is 32.2. The lowest BCUT2D eigenvalue weighted by Gasteiger charge is -2.04. The van der Waals surface area contributed by atoms with Crippen LogP contribution in [0.4, 0.5) is 0 Å². The molecular formula is C15H28N2OS. The average molecular weight is 284 g/mol. The Hall–Kier alpha value is -0.510. The van der Waals surface area contributed by atoms with Crippen LogP contribution in [0.3, 0.4) is 0 Å².